The van der Waals surface area contributed by atoms with Crippen molar-refractivity contribution in [1.82, 2.24) is 14.9 Å². The lowest BCUT2D eigenvalue weighted by Crippen LogP contribution is -2.37. The minimum atomic E-state index is -4.15. The van der Waals surface area contributed by atoms with E-state index in [9.17, 15) is 22.8 Å². The predicted octanol–water partition coefficient (Wildman–Crippen LogP) is 4.83. The maximum Gasteiger partial charge on any atom is 0.264 e. The molecule has 3 amide bonds. The third-order valence-electron chi connectivity index (χ3n) is 7.31. The number of rotatable bonds is 13. The lowest BCUT2D eigenvalue weighted by atomic mass is 9.86. The zero-order chi connectivity index (χ0) is 30.0. The quantitative estimate of drug-likeness (QED) is 0.283. The molecule has 0 radical (unpaired) electrons. The van der Waals surface area contributed by atoms with Gasteiger partial charge in [0.25, 0.3) is 10.0 Å². The van der Waals surface area contributed by atoms with E-state index in [4.69, 9.17) is 12.6 Å². The molecular weight excluding hydrogens is 565 g/mol. The first-order chi connectivity index (χ1) is 19.5. The molecule has 1 saturated carbocycles. The second kappa shape index (κ2) is 15.3. The van der Waals surface area contributed by atoms with Crippen LogP contribution in [0, 0.1) is 11.7 Å². The highest BCUT2D eigenvalue weighted by Crippen LogP contribution is 2.30. The Labute approximate surface area is 247 Å². The number of carbonyl (C=O) groups excluding carboxylic acids is 3. The summed E-state index contributed by atoms with van der Waals surface area (Å²) in [7, 11) is -4.15. The van der Waals surface area contributed by atoms with Crippen LogP contribution in [-0.4, -0.2) is 49.4 Å². The van der Waals surface area contributed by atoms with Gasteiger partial charge in [-0.15, -0.1) is 0 Å². The average Bonchev–Trinajstić information content (AvgIpc) is 2.94. The molecule has 1 aliphatic rings. The summed E-state index contributed by atoms with van der Waals surface area (Å²) in [4.78, 5) is 38.1. The minimum absolute atomic E-state index is 0.0265. The van der Waals surface area contributed by atoms with Gasteiger partial charge in [-0.3, -0.25) is 14.4 Å². The van der Waals surface area contributed by atoms with Crippen LogP contribution in [0.1, 0.15) is 70.8 Å². The SMILES string of the molecule is CCCC(=O)N(CCC(=O)NCC(S)C1CCCCC1)Cc1ccc(-c2ccccc2S(=O)(=O)NC(C)=O)cc1F. The lowest BCUT2D eigenvalue weighted by Gasteiger charge is -2.27. The van der Waals surface area contributed by atoms with Crippen LogP contribution in [0.25, 0.3) is 11.1 Å². The van der Waals surface area contributed by atoms with Crippen LogP contribution in [0.4, 0.5) is 4.39 Å². The van der Waals surface area contributed by atoms with Gasteiger partial charge in [-0.1, -0.05) is 56.5 Å². The molecule has 0 spiro atoms. The summed E-state index contributed by atoms with van der Waals surface area (Å²) in [5, 5.41) is 3.03. The van der Waals surface area contributed by atoms with Gasteiger partial charge in [0.15, 0.2) is 0 Å². The zero-order valence-electron chi connectivity index (χ0n) is 23.7. The van der Waals surface area contributed by atoms with Gasteiger partial charge in [0.2, 0.25) is 17.7 Å². The van der Waals surface area contributed by atoms with Crippen molar-refractivity contribution in [3.63, 3.8) is 0 Å². The first-order valence-electron chi connectivity index (χ1n) is 14.2. The highest BCUT2D eigenvalue weighted by molar-refractivity contribution is 7.90. The zero-order valence-corrected chi connectivity index (χ0v) is 25.4. The van der Waals surface area contributed by atoms with E-state index in [1.54, 1.807) is 12.1 Å². The number of sulfonamides is 1. The summed E-state index contributed by atoms with van der Waals surface area (Å²) in [6.45, 7) is 3.57. The van der Waals surface area contributed by atoms with Gasteiger partial charge in [0.1, 0.15) is 5.82 Å². The Morgan fingerprint density at radius 1 is 1.07 bits per heavy atom. The molecule has 3 rings (SSSR count). The van der Waals surface area contributed by atoms with Gasteiger partial charge in [-0.25, -0.2) is 17.5 Å². The predicted molar refractivity (Wildman–Crippen MR) is 160 cm³/mol. The number of amides is 3. The van der Waals surface area contributed by atoms with Gasteiger partial charge in [-0.2, -0.15) is 12.6 Å². The Morgan fingerprint density at radius 3 is 2.44 bits per heavy atom. The molecule has 0 heterocycles. The van der Waals surface area contributed by atoms with Crippen molar-refractivity contribution in [3.05, 3.63) is 53.8 Å². The first kappa shape index (κ1) is 32.6. The van der Waals surface area contributed by atoms with Gasteiger partial charge >= 0.3 is 0 Å². The van der Waals surface area contributed by atoms with Crippen molar-refractivity contribution in [3.8, 4) is 11.1 Å². The molecule has 0 bridgehead atoms. The molecule has 2 N–H and O–H groups in total. The van der Waals surface area contributed by atoms with Gasteiger partial charge in [0.05, 0.1) is 4.90 Å². The standard InChI is InChI=1S/C30H40FN3O5S2/c1-3-9-30(37)34(17-16-29(36)32-19-27(40)22-10-5-4-6-11-22)20-24-15-14-23(18-26(24)31)25-12-7-8-13-28(25)41(38,39)33-21(2)35/h7-8,12-15,18,22,27,40H,3-6,9-11,16-17,19-20H2,1-2H3,(H,32,36)(H,33,35). The summed E-state index contributed by atoms with van der Waals surface area (Å²) < 4.78 is 42.6. The largest absolute Gasteiger partial charge is 0.355 e. The number of halogens is 1. The second-order valence-corrected chi connectivity index (χ2v) is 12.9. The minimum Gasteiger partial charge on any atom is -0.355 e. The van der Waals surface area contributed by atoms with Crippen LogP contribution < -0.4 is 10.0 Å². The summed E-state index contributed by atoms with van der Waals surface area (Å²) in [6.07, 6.45) is 6.89. The summed E-state index contributed by atoms with van der Waals surface area (Å²) >= 11 is 4.69. The smallest absolute Gasteiger partial charge is 0.264 e. The summed E-state index contributed by atoms with van der Waals surface area (Å²) in [5.74, 6) is -1.20. The first-order valence-corrected chi connectivity index (χ1v) is 16.2. The molecule has 11 heteroatoms. The van der Waals surface area contributed by atoms with Crippen molar-refractivity contribution in [2.45, 2.75) is 81.9 Å². The molecule has 2 aromatic carbocycles. The molecule has 1 atom stereocenters. The number of nitrogens with zero attached hydrogens (tertiary/aromatic N) is 1. The van der Waals surface area contributed by atoms with Crippen LogP contribution in [0.15, 0.2) is 47.4 Å². The van der Waals surface area contributed by atoms with E-state index in [2.05, 4.69) is 5.32 Å². The number of benzene rings is 2. The fourth-order valence-corrected chi connectivity index (χ4v) is 6.74. The Bertz CT molecular complexity index is 1330. The number of hydrogen-bond donors (Lipinski definition) is 3. The van der Waals surface area contributed by atoms with E-state index in [1.807, 2.05) is 11.6 Å². The monoisotopic (exact) mass is 605 g/mol. The van der Waals surface area contributed by atoms with Crippen LogP contribution in [0.5, 0.6) is 0 Å². The normalized spacial score (nSPS) is 14.7. The van der Waals surface area contributed by atoms with Crippen molar-refractivity contribution in [2.24, 2.45) is 5.92 Å². The Balaban J connectivity index is 1.69. The summed E-state index contributed by atoms with van der Waals surface area (Å²) in [6, 6.07) is 10.3. The maximum absolute atomic E-state index is 15.3. The van der Waals surface area contributed by atoms with E-state index < -0.39 is 21.7 Å². The van der Waals surface area contributed by atoms with Gasteiger partial charge in [-0.05, 0) is 42.9 Å². The van der Waals surface area contributed by atoms with E-state index in [-0.39, 0.29) is 59.0 Å². The van der Waals surface area contributed by atoms with Gasteiger partial charge in [0, 0.05) is 55.8 Å². The molecule has 2 aromatic rings. The average molecular weight is 606 g/mol. The number of carbonyl (C=O) groups is 3. The van der Waals surface area contributed by atoms with E-state index >= 15 is 4.39 Å². The van der Waals surface area contributed by atoms with Crippen molar-refractivity contribution in [1.29, 1.82) is 0 Å². The second-order valence-electron chi connectivity index (χ2n) is 10.5. The molecular formula is C30H40FN3O5S2. The van der Waals surface area contributed by atoms with Crippen LogP contribution in [0.2, 0.25) is 0 Å². The molecule has 41 heavy (non-hydrogen) atoms. The van der Waals surface area contributed by atoms with E-state index in [1.165, 1.54) is 54.5 Å². The highest BCUT2D eigenvalue weighted by Gasteiger charge is 2.23. The Kier molecular flexibility index (Phi) is 12.2. The number of thiol groups is 1. The van der Waals surface area contributed by atoms with Gasteiger partial charge < -0.3 is 10.2 Å². The van der Waals surface area contributed by atoms with Crippen LogP contribution in [-0.2, 0) is 31.0 Å². The van der Waals surface area contributed by atoms with E-state index in [0.717, 1.165) is 19.8 Å². The van der Waals surface area contributed by atoms with Crippen molar-refractivity contribution in [2.75, 3.05) is 13.1 Å². The van der Waals surface area contributed by atoms with Crippen LogP contribution >= 0.6 is 12.6 Å². The molecule has 0 aromatic heterocycles. The number of nitrogens with one attached hydrogen (secondary N) is 2. The van der Waals surface area contributed by atoms with Crippen molar-refractivity contribution >= 4 is 40.4 Å². The Hall–Kier alpha value is -2.92. The molecule has 8 nitrogen and oxygen atoms in total. The van der Waals surface area contributed by atoms with E-state index in [0.29, 0.717) is 24.4 Å². The number of hydrogen-bond acceptors (Lipinski definition) is 6. The topological polar surface area (TPSA) is 113 Å². The molecule has 0 aliphatic heterocycles. The maximum atomic E-state index is 15.3. The van der Waals surface area contributed by atoms with Crippen LogP contribution in [0.3, 0.4) is 0 Å². The molecule has 1 aliphatic carbocycles. The Morgan fingerprint density at radius 2 is 1.78 bits per heavy atom. The molecule has 224 valence electrons. The fourth-order valence-electron chi connectivity index (χ4n) is 5.13. The van der Waals surface area contributed by atoms with Crippen molar-refractivity contribution < 1.29 is 27.2 Å². The molecule has 1 unspecified atom stereocenters. The third-order valence-corrected chi connectivity index (χ3v) is 9.40. The molecule has 0 saturated heterocycles. The third kappa shape index (κ3) is 9.56. The highest BCUT2D eigenvalue weighted by atomic mass is 32.2. The fraction of sp³-hybridized carbons (Fsp3) is 0.500. The lowest BCUT2D eigenvalue weighted by molar-refractivity contribution is -0.132. The molecule has 1 fully saturated rings. The summed E-state index contributed by atoms with van der Waals surface area (Å²) in [5.41, 5.74) is 0.785.